The van der Waals surface area contributed by atoms with Gasteiger partial charge in [-0.3, -0.25) is 9.48 Å². The summed E-state index contributed by atoms with van der Waals surface area (Å²) in [5.74, 6) is -0.122. The van der Waals surface area contributed by atoms with Crippen LogP contribution in [0.5, 0.6) is 0 Å². The van der Waals surface area contributed by atoms with E-state index in [0.717, 1.165) is 31.4 Å². The van der Waals surface area contributed by atoms with Gasteiger partial charge in [0.1, 0.15) is 5.54 Å². The molecule has 0 aromatic carbocycles. The zero-order valence-corrected chi connectivity index (χ0v) is 12.0. The standard InChI is InChI=1S/C14H23N3O2/c1-4-15-14(13(18)19-5-2)7-6-12(8-14)17-10-11(3)9-16-17/h9-10,12,15H,4-8H2,1-3H3. The number of likely N-dealkylation sites (N-methyl/N-ethyl adjacent to an activating group) is 1. The fourth-order valence-corrected chi connectivity index (χ4v) is 2.90. The second kappa shape index (κ2) is 5.74. The Morgan fingerprint density at radius 3 is 3.00 bits per heavy atom. The van der Waals surface area contributed by atoms with Gasteiger partial charge in [-0.25, -0.2) is 0 Å². The molecule has 1 aromatic heterocycles. The fraction of sp³-hybridized carbons (Fsp3) is 0.714. The molecule has 2 atom stereocenters. The Labute approximate surface area is 114 Å². The molecular formula is C14H23N3O2. The van der Waals surface area contributed by atoms with E-state index in [1.165, 1.54) is 0 Å². The highest BCUT2D eigenvalue weighted by molar-refractivity contribution is 5.81. The quantitative estimate of drug-likeness (QED) is 0.825. The summed E-state index contributed by atoms with van der Waals surface area (Å²) < 4.78 is 7.22. The molecule has 19 heavy (non-hydrogen) atoms. The van der Waals surface area contributed by atoms with Crippen molar-refractivity contribution < 1.29 is 9.53 Å². The third-order valence-corrected chi connectivity index (χ3v) is 3.77. The first-order valence-corrected chi connectivity index (χ1v) is 7.04. The summed E-state index contributed by atoms with van der Waals surface area (Å²) in [6, 6.07) is 0.275. The zero-order chi connectivity index (χ0) is 13.9. The van der Waals surface area contributed by atoms with Crippen molar-refractivity contribution in [2.75, 3.05) is 13.2 Å². The van der Waals surface area contributed by atoms with E-state index in [9.17, 15) is 4.79 Å². The van der Waals surface area contributed by atoms with E-state index in [4.69, 9.17) is 4.74 Å². The van der Waals surface area contributed by atoms with Gasteiger partial charge in [0.2, 0.25) is 0 Å². The summed E-state index contributed by atoms with van der Waals surface area (Å²) in [4.78, 5) is 12.2. The molecule has 2 unspecified atom stereocenters. The Morgan fingerprint density at radius 1 is 1.63 bits per heavy atom. The Morgan fingerprint density at radius 2 is 2.42 bits per heavy atom. The number of esters is 1. The average Bonchev–Trinajstić information content (AvgIpc) is 2.97. The Balaban J connectivity index is 2.13. The summed E-state index contributed by atoms with van der Waals surface area (Å²) in [5, 5.41) is 7.70. The van der Waals surface area contributed by atoms with Gasteiger partial charge in [-0.05, 0) is 45.2 Å². The van der Waals surface area contributed by atoms with Crippen molar-refractivity contribution in [3.05, 3.63) is 18.0 Å². The fourth-order valence-electron chi connectivity index (χ4n) is 2.90. The molecule has 1 aliphatic carbocycles. The summed E-state index contributed by atoms with van der Waals surface area (Å²) >= 11 is 0. The first kappa shape index (κ1) is 14.1. The number of hydrogen-bond acceptors (Lipinski definition) is 4. The summed E-state index contributed by atoms with van der Waals surface area (Å²) in [5.41, 5.74) is 0.618. The Hall–Kier alpha value is -1.36. The highest BCUT2D eigenvalue weighted by Gasteiger charge is 2.46. The maximum Gasteiger partial charge on any atom is 0.326 e. The van der Waals surface area contributed by atoms with Gasteiger partial charge in [0.05, 0.1) is 18.8 Å². The smallest absolute Gasteiger partial charge is 0.326 e. The van der Waals surface area contributed by atoms with Crippen LogP contribution in [0.25, 0.3) is 0 Å². The van der Waals surface area contributed by atoms with Crippen LogP contribution in [0.15, 0.2) is 12.4 Å². The number of nitrogens with zero attached hydrogens (tertiary/aromatic N) is 2. The summed E-state index contributed by atoms with van der Waals surface area (Å²) in [6.45, 7) is 7.09. The lowest BCUT2D eigenvalue weighted by Gasteiger charge is -2.27. The van der Waals surface area contributed by atoms with Crippen LogP contribution >= 0.6 is 0 Å². The third-order valence-electron chi connectivity index (χ3n) is 3.77. The molecule has 0 spiro atoms. The zero-order valence-electron chi connectivity index (χ0n) is 12.0. The van der Waals surface area contributed by atoms with Crippen LogP contribution < -0.4 is 5.32 Å². The lowest BCUT2D eigenvalue weighted by atomic mass is 9.97. The van der Waals surface area contributed by atoms with Crippen LogP contribution in [0.2, 0.25) is 0 Å². The van der Waals surface area contributed by atoms with Crippen LogP contribution in [0, 0.1) is 6.92 Å². The van der Waals surface area contributed by atoms with E-state index >= 15 is 0 Å². The molecule has 0 amide bonds. The number of carbonyl (C=O) groups is 1. The molecule has 0 bridgehead atoms. The van der Waals surface area contributed by atoms with Gasteiger partial charge in [0, 0.05) is 6.20 Å². The van der Waals surface area contributed by atoms with Crippen LogP contribution in [0.3, 0.4) is 0 Å². The van der Waals surface area contributed by atoms with Gasteiger partial charge < -0.3 is 10.1 Å². The number of nitrogens with one attached hydrogen (secondary N) is 1. The van der Waals surface area contributed by atoms with E-state index in [-0.39, 0.29) is 12.0 Å². The molecule has 1 N–H and O–H groups in total. The van der Waals surface area contributed by atoms with Crippen LogP contribution in [0.1, 0.15) is 44.7 Å². The number of aryl methyl sites for hydroxylation is 1. The number of aromatic nitrogens is 2. The maximum atomic E-state index is 12.2. The van der Waals surface area contributed by atoms with E-state index in [1.807, 2.05) is 37.8 Å². The number of hydrogen-bond donors (Lipinski definition) is 1. The normalized spacial score (nSPS) is 26.6. The second-order valence-electron chi connectivity index (χ2n) is 5.23. The minimum Gasteiger partial charge on any atom is -0.465 e. The molecule has 1 aromatic rings. The minimum atomic E-state index is -0.532. The van der Waals surface area contributed by atoms with Gasteiger partial charge in [-0.1, -0.05) is 6.92 Å². The topological polar surface area (TPSA) is 56.1 Å². The largest absolute Gasteiger partial charge is 0.465 e. The molecular weight excluding hydrogens is 242 g/mol. The van der Waals surface area contributed by atoms with Gasteiger partial charge in [-0.15, -0.1) is 0 Å². The number of carbonyl (C=O) groups excluding carboxylic acids is 1. The van der Waals surface area contributed by atoms with Crippen molar-refractivity contribution in [3.63, 3.8) is 0 Å². The molecule has 2 rings (SSSR count). The molecule has 5 nitrogen and oxygen atoms in total. The molecule has 106 valence electrons. The Kier molecular flexibility index (Phi) is 4.24. The van der Waals surface area contributed by atoms with E-state index in [1.54, 1.807) is 0 Å². The van der Waals surface area contributed by atoms with Gasteiger partial charge in [0.25, 0.3) is 0 Å². The van der Waals surface area contributed by atoms with Crippen LogP contribution in [-0.2, 0) is 9.53 Å². The molecule has 1 heterocycles. The van der Waals surface area contributed by atoms with Gasteiger partial charge in [0.15, 0.2) is 0 Å². The predicted octanol–water partition coefficient (Wildman–Crippen LogP) is 1.83. The maximum absolute atomic E-state index is 12.2. The van der Waals surface area contributed by atoms with Crippen molar-refractivity contribution in [2.24, 2.45) is 0 Å². The van der Waals surface area contributed by atoms with Crippen LogP contribution in [0.4, 0.5) is 0 Å². The van der Waals surface area contributed by atoms with Gasteiger partial charge >= 0.3 is 5.97 Å². The van der Waals surface area contributed by atoms with Crippen molar-refractivity contribution in [2.45, 2.75) is 51.6 Å². The summed E-state index contributed by atoms with van der Waals surface area (Å²) in [6.07, 6.45) is 6.41. The van der Waals surface area contributed by atoms with Gasteiger partial charge in [-0.2, -0.15) is 5.10 Å². The monoisotopic (exact) mass is 265 g/mol. The van der Waals surface area contributed by atoms with E-state index in [0.29, 0.717) is 6.61 Å². The van der Waals surface area contributed by atoms with Crippen molar-refractivity contribution in [1.82, 2.24) is 15.1 Å². The molecule has 1 saturated carbocycles. The number of ether oxygens (including phenoxy) is 1. The molecule has 0 aliphatic heterocycles. The lowest BCUT2D eigenvalue weighted by molar-refractivity contribution is -0.151. The van der Waals surface area contributed by atoms with E-state index in [2.05, 4.69) is 10.4 Å². The molecule has 1 aliphatic rings. The minimum absolute atomic E-state index is 0.122. The second-order valence-corrected chi connectivity index (χ2v) is 5.23. The van der Waals surface area contributed by atoms with Crippen molar-refractivity contribution in [1.29, 1.82) is 0 Å². The highest BCUT2D eigenvalue weighted by atomic mass is 16.5. The molecule has 1 fully saturated rings. The van der Waals surface area contributed by atoms with Crippen molar-refractivity contribution in [3.8, 4) is 0 Å². The molecule has 0 saturated heterocycles. The predicted molar refractivity (Wildman–Crippen MR) is 72.9 cm³/mol. The molecule has 5 heteroatoms. The van der Waals surface area contributed by atoms with E-state index < -0.39 is 5.54 Å². The first-order chi connectivity index (χ1) is 9.11. The summed E-state index contributed by atoms with van der Waals surface area (Å²) in [7, 11) is 0. The highest BCUT2D eigenvalue weighted by Crippen LogP contribution is 2.38. The SMILES string of the molecule is CCNC1(C(=O)OCC)CCC(n2cc(C)cn2)C1. The Bertz CT molecular complexity index is 444. The molecule has 0 radical (unpaired) electrons. The average molecular weight is 265 g/mol. The number of rotatable bonds is 5. The van der Waals surface area contributed by atoms with Crippen molar-refractivity contribution >= 4 is 5.97 Å². The first-order valence-electron chi connectivity index (χ1n) is 7.04. The third kappa shape index (κ3) is 2.81. The lowest BCUT2D eigenvalue weighted by Crippen LogP contribution is -2.51. The van der Waals surface area contributed by atoms with Crippen LogP contribution in [-0.4, -0.2) is 34.4 Å².